The lowest BCUT2D eigenvalue weighted by molar-refractivity contribution is -0.938. The van der Waals surface area contributed by atoms with Gasteiger partial charge in [-0.3, -0.25) is 5.32 Å². The molecule has 120 valence electrons. The van der Waals surface area contributed by atoms with E-state index in [1.54, 1.807) is 32.2 Å². The highest BCUT2D eigenvalue weighted by Gasteiger charge is 2.20. The molecule has 0 amide bonds. The van der Waals surface area contributed by atoms with Crippen molar-refractivity contribution in [2.75, 3.05) is 25.8 Å². The molecule has 2 aromatic rings. The Kier molecular flexibility index (Phi) is 5.33. The van der Waals surface area contributed by atoms with Crippen LogP contribution >= 0.6 is 0 Å². The van der Waals surface area contributed by atoms with Crippen LogP contribution in [-0.4, -0.2) is 35.7 Å². The Bertz CT molecular complexity index is 741. The van der Waals surface area contributed by atoms with Crippen LogP contribution in [0, 0.1) is 19.3 Å². The van der Waals surface area contributed by atoms with Gasteiger partial charge in [0.2, 0.25) is 0 Å². The summed E-state index contributed by atoms with van der Waals surface area (Å²) in [6, 6.07) is 5.29. The molecule has 1 heterocycles. The molecule has 7 heteroatoms. The maximum atomic E-state index is 9.87. The predicted octanol–water partition coefficient (Wildman–Crippen LogP) is 1.37. The van der Waals surface area contributed by atoms with Crippen molar-refractivity contribution >= 4 is 5.95 Å². The van der Waals surface area contributed by atoms with Gasteiger partial charge in [-0.2, -0.15) is 0 Å². The monoisotopic (exact) mass is 315 g/mol. The van der Waals surface area contributed by atoms with Gasteiger partial charge in [0.05, 0.1) is 7.05 Å². The number of hydrogen-bond acceptors (Lipinski definition) is 6. The SMILES string of the molecule is C#Cc1ccc(-c2n[n+](O)c(NC)nc2C)c(OCOCC)c1. The lowest BCUT2D eigenvalue weighted by Crippen LogP contribution is -2.39. The van der Waals surface area contributed by atoms with Crippen LogP contribution in [0.2, 0.25) is 0 Å². The lowest BCUT2D eigenvalue weighted by atomic mass is 10.1. The van der Waals surface area contributed by atoms with Crippen LogP contribution in [-0.2, 0) is 4.74 Å². The third-order valence-corrected chi connectivity index (χ3v) is 3.13. The predicted molar refractivity (Wildman–Crippen MR) is 84.2 cm³/mol. The van der Waals surface area contributed by atoms with E-state index in [2.05, 4.69) is 21.3 Å². The zero-order chi connectivity index (χ0) is 16.8. The molecule has 0 unspecified atom stereocenters. The van der Waals surface area contributed by atoms with Crippen molar-refractivity contribution in [2.45, 2.75) is 13.8 Å². The minimum absolute atomic E-state index is 0.0950. The first-order valence-corrected chi connectivity index (χ1v) is 7.10. The smallest absolute Gasteiger partial charge is 0.449 e. The van der Waals surface area contributed by atoms with Gasteiger partial charge in [0.1, 0.15) is 11.4 Å². The second kappa shape index (κ2) is 7.42. The van der Waals surface area contributed by atoms with Crippen molar-refractivity contribution in [3.8, 4) is 29.4 Å². The van der Waals surface area contributed by atoms with Crippen LogP contribution in [0.3, 0.4) is 0 Å². The summed E-state index contributed by atoms with van der Waals surface area (Å²) in [4.78, 5) is 4.94. The molecule has 0 fully saturated rings. The fourth-order valence-corrected chi connectivity index (χ4v) is 1.99. The molecule has 0 radical (unpaired) electrons. The van der Waals surface area contributed by atoms with Gasteiger partial charge in [-0.25, -0.2) is 0 Å². The summed E-state index contributed by atoms with van der Waals surface area (Å²) in [6.45, 7) is 4.31. The van der Waals surface area contributed by atoms with Crippen LogP contribution in [0.4, 0.5) is 5.95 Å². The molecule has 0 saturated carbocycles. The Hall–Kier alpha value is -2.85. The zero-order valence-corrected chi connectivity index (χ0v) is 13.3. The largest absolute Gasteiger partial charge is 0.467 e. The number of nitrogens with zero attached hydrogens (tertiary/aromatic N) is 3. The number of nitrogens with one attached hydrogen (secondary N) is 1. The van der Waals surface area contributed by atoms with Crippen LogP contribution in [0.15, 0.2) is 18.2 Å². The van der Waals surface area contributed by atoms with E-state index in [0.29, 0.717) is 39.7 Å². The summed E-state index contributed by atoms with van der Waals surface area (Å²) in [6.07, 6.45) is 5.44. The molecular formula is C16H19N4O3+. The zero-order valence-electron chi connectivity index (χ0n) is 13.3. The normalized spacial score (nSPS) is 10.2. The van der Waals surface area contributed by atoms with E-state index in [1.165, 1.54) is 0 Å². The molecule has 23 heavy (non-hydrogen) atoms. The molecule has 0 aliphatic heterocycles. The Morgan fingerprint density at radius 2 is 2.22 bits per heavy atom. The van der Waals surface area contributed by atoms with Crippen molar-refractivity contribution < 1.29 is 19.5 Å². The van der Waals surface area contributed by atoms with Gasteiger partial charge in [0, 0.05) is 22.6 Å². The minimum atomic E-state index is 0.0950. The summed E-state index contributed by atoms with van der Waals surface area (Å²) in [5.41, 5.74) is 2.46. The molecule has 2 N–H and O–H groups in total. The molecule has 7 nitrogen and oxygen atoms in total. The van der Waals surface area contributed by atoms with Crippen molar-refractivity contribution in [1.29, 1.82) is 0 Å². The number of aromatic nitrogens is 3. The molecule has 1 aromatic carbocycles. The highest BCUT2D eigenvalue weighted by atomic mass is 16.7. The molecule has 0 spiro atoms. The summed E-state index contributed by atoms with van der Waals surface area (Å²) >= 11 is 0. The van der Waals surface area contributed by atoms with Gasteiger partial charge in [0.25, 0.3) is 0 Å². The van der Waals surface area contributed by atoms with Gasteiger partial charge < -0.3 is 14.7 Å². The van der Waals surface area contributed by atoms with E-state index < -0.39 is 0 Å². The third-order valence-electron chi connectivity index (χ3n) is 3.13. The molecule has 2 rings (SSSR count). The molecule has 0 aliphatic carbocycles. The number of hydrogen-bond donors (Lipinski definition) is 2. The second-order valence-electron chi connectivity index (χ2n) is 4.62. The quantitative estimate of drug-likeness (QED) is 0.275. The number of aryl methyl sites for hydroxylation is 1. The maximum Gasteiger partial charge on any atom is 0.449 e. The highest BCUT2D eigenvalue weighted by molar-refractivity contribution is 5.70. The Morgan fingerprint density at radius 3 is 2.87 bits per heavy atom. The Labute approximate surface area is 134 Å². The van der Waals surface area contributed by atoms with E-state index in [-0.39, 0.29) is 12.7 Å². The first-order valence-electron chi connectivity index (χ1n) is 7.10. The number of ether oxygens (including phenoxy) is 2. The topological polar surface area (TPSA) is 80.4 Å². The Morgan fingerprint density at radius 1 is 1.43 bits per heavy atom. The van der Waals surface area contributed by atoms with Gasteiger partial charge >= 0.3 is 5.95 Å². The first-order chi connectivity index (χ1) is 11.1. The number of terminal acetylenes is 1. The number of rotatable bonds is 6. The van der Waals surface area contributed by atoms with Crippen LogP contribution in [0.5, 0.6) is 5.75 Å². The maximum absolute atomic E-state index is 9.87. The van der Waals surface area contributed by atoms with Gasteiger partial charge in [-0.1, -0.05) is 16.0 Å². The van der Waals surface area contributed by atoms with Gasteiger partial charge in [0.15, 0.2) is 12.5 Å². The van der Waals surface area contributed by atoms with E-state index in [1.807, 2.05) is 6.92 Å². The van der Waals surface area contributed by atoms with Crippen molar-refractivity contribution in [1.82, 2.24) is 10.1 Å². The fraction of sp³-hybridized carbons (Fsp3) is 0.312. The van der Waals surface area contributed by atoms with Crippen molar-refractivity contribution in [2.24, 2.45) is 0 Å². The van der Waals surface area contributed by atoms with E-state index in [0.717, 1.165) is 0 Å². The Balaban J connectivity index is 2.50. The van der Waals surface area contributed by atoms with Crippen LogP contribution < -0.4 is 14.9 Å². The molecule has 0 saturated heterocycles. The second-order valence-corrected chi connectivity index (χ2v) is 4.62. The summed E-state index contributed by atoms with van der Waals surface area (Å²) in [7, 11) is 1.65. The summed E-state index contributed by atoms with van der Waals surface area (Å²) in [5.74, 6) is 3.32. The molecule has 1 aromatic heterocycles. The summed E-state index contributed by atoms with van der Waals surface area (Å²) < 4.78 is 10.9. The van der Waals surface area contributed by atoms with Crippen molar-refractivity contribution in [3.63, 3.8) is 0 Å². The first kappa shape index (κ1) is 16.5. The molecular weight excluding hydrogens is 296 g/mol. The fourth-order valence-electron chi connectivity index (χ4n) is 1.99. The van der Waals surface area contributed by atoms with Gasteiger partial charge in [-0.05, 0) is 32.0 Å². The minimum Gasteiger partial charge on any atom is -0.467 e. The molecule has 0 aliphatic rings. The van der Waals surface area contributed by atoms with E-state index >= 15 is 0 Å². The summed E-state index contributed by atoms with van der Waals surface area (Å²) in [5, 5.41) is 16.7. The van der Waals surface area contributed by atoms with E-state index in [9.17, 15) is 5.21 Å². The highest BCUT2D eigenvalue weighted by Crippen LogP contribution is 2.31. The average molecular weight is 315 g/mol. The van der Waals surface area contributed by atoms with Crippen molar-refractivity contribution in [3.05, 3.63) is 29.5 Å². The molecule has 0 atom stereocenters. The lowest BCUT2D eigenvalue weighted by Gasteiger charge is -2.12. The van der Waals surface area contributed by atoms with Crippen LogP contribution in [0.1, 0.15) is 18.2 Å². The third kappa shape index (κ3) is 3.67. The van der Waals surface area contributed by atoms with Crippen LogP contribution in [0.25, 0.3) is 11.3 Å². The number of benzene rings is 1. The number of anilines is 1. The molecule has 0 bridgehead atoms. The average Bonchev–Trinajstić information content (AvgIpc) is 2.56. The van der Waals surface area contributed by atoms with E-state index in [4.69, 9.17) is 15.9 Å². The standard InChI is InChI=1S/C16H18N4O3/c1-5-12-7-8-13(14(9-12)23-10-22-6-2)15-11(3)18-16(17-4)20(21)19-15/h1,7-9,21H,6,10H2,2-4H3/p+1. The van der Waals surface area contributed by atoms with Gasteiger partial charge in [-0.15, -0.1) is 6.42 Å².